The number of aromatic nitrogens is 4. The van der Waals surface area contributed by atoms with Gasteiger partial charge in [-0.25, -0.2) is 20.0 Å². The number of phenols is 1. The maximum absolute atomic E-state index is 12.9. The molecule has 0 bridgehead atoms. The van der Waals surface area contributed by atoms with Crippen molar-refractivity contribution >= 4 is 38.5 Å². The van der Waals surface area contributed by atoms with Gasteiger partial charge in [0.25, 0.3) is 0 Å². The summed E-state index contributed by atoms with van der Waals surface area (Å²) in [6.45, 7) is 8.42. The molecule has 0 saturated heterocycles. The van der Waals surface area contributed by atoms with Crippen molar-refractivity contribution < 1.29 is 24.2 Å². The van der Waals surface area contributed by atoms with Crippen LogP contribution >= 0.6 is 11.3 Å². The van der Waals surface area contributed by atoms with E-state index in [0.29, 0.717) is 23.1 Å². The van der Waals surface area contributed by atoms with Crippen LogP contribution in [-0.4, -0.2) is 43.0 Å². The topological polar surface area (TPSA) is 132 Å². The van der Waals surface area contributed by atoms with Crippen molar-refractivity contribution in [2.24, 2.45) is 0 Å². The number of carbonyl (C=O) groups excluding carboxylic acids is 2. The molecule has 3 N–H and O–H groups in total. The Labute approximate surface area is 263 Å². The van der Waals surface area contributed by atoms with Gasteiger partial charge >= 0.3 is 12.0 Å². The lowest BCUT2D eigenvalue weighted by Gasteiger charge is -2.17. The van der Waals surface area contributed by atoms with Crippen LogP contribution in [-0.2, 0) is 16.7 Å². The second-order valence-corrected chi connectivity index (χ2v) is 12.4. The van der Waals surface area contributed by atoms with Crippen LogP contribution in [0.1, 0.15) is 49.4 Å². The SMILES string of the molecule is CCOC(=O)c1cn2c(n1)sc1cc(Oc3ccccc3CNC(=O)Nn3cc(-c4ccc(O)cc4)c(C(C)(C)C)n3)ccc12. The van der Waals surface area contributed by atoms with Gasteiger partial charge < -0.3 is 19.9 Å². The summed E-state index contributed by atoms with van der Waals surface area (Å²) in [6, 6.07) is 19.6. The number of ether oxygens (including phenoxy) is 2. The van der Waals surface area contributed by atoms with E-state index in [1.54, 1.807) is 31.5 Å². The monoisotopic (exact) mass is 624 g/mol. The smallest absolute Gasteiger partial charge is 0.358 e. The van der Waals surface area contributed by atoms with Crippen molar-refractivity contribution in [3.8, 4) is 28.4 Å². The Morgan fingerprint density at radius 1 is 1.02 bits per heavy atom. The van der Waals surface area contributed by atoms with E-state index in [2.05, 4.69) is 41.6 Å². The van der Waals surface area contributed by atoms with Gasteiger partial charge in [-0.2, -0.15) is 9.89 Å². The Kier molecular flexibility index (Phi) is 7.90. The van der Waals surface area contributed by atoms with Crippen molar-refractivity contribution in [1.82, 2.24) is 24.6 Å². The molecule has 12 heteroatoms. The van der Waals surface area contributed by atoms with Crippen LogP contribution in [0.15, 0.2) is 79.1 Å². The average molecular weight is 625 g/mol. The summed E-state index contributed by atoms with van der Waals surface area (Å²) in [7, 11) is 0. The third-order valence-electron chi connectivity index (χ3n) is 7.01. The molecule has 6 aromatic rings. The minimum absolute atomic E-state index is 0.180. The van der Waals surface area contributed by atoms with Gasteiger partial charge in [0.1, 0.15) is 17.2 Å². The number of imidazole rings is 1. The molecule has 0 aliphatic rings. The Balaban J connectivity index is 1.14. The third-order valence-corrected chi connectivity index (χ3v) is 8.03. The third kappa shape index (κ3) is 6.31. The minimum atomic E-state index is -0.446. The number of nitrogens with zero attached hydrogens (tertiary/aromatic N) is 4. The summed E-state index contributed by atoms with van der Waals surface area (Å²) < 4.78 is 14.1. The van der Waals surface area contributed by atoms with Crippen molar-refractivity contribution in [3.63, 3.8) is 0 Å². The highest BCUT2D eigenvalue weighted by Gasteiger charge is 2.24. The van der Waals surface area contributed by atoms with E-state index in [1.165, 1.54) is 16.1 Å². The van der Waals surface area contributed by atoms with Gasteiger partial charge in [-0.05, 0) is 42.8 Å². The van der Waals surface area contributed by atoms with E-state index in [-0.39, 0.29) is 23.4 Å². The van der Waals surface area contributed by atoms with E-state index in [1.807, 2.05) is 59.0 Å². The highest BCUT2D eigenvalue weighted by Crippen LogP contribution is 2.34. The largest absolute Gasteiger partial charge is 0.508 e. The van der Waals surface area contributed by atoms with Crippen molar-refractivity contribution in [3.05, 3.63) is 96.1 Å². The predicted molar refractivity (Wildman–Crippen MR) is 173 cm³/mol. The minimum Gasteiger partial charge on any atom is -0.508 e. The van der Waals surface area contributed by atoms with Gasteiger partial charge in [-0.1, -0.05) is 62.4 Å². The molecule has 2 amide bonds. The zero-order chi connectivity index (χ0) is 31.7. The maximum atomic E-state index is 12.9. The number of carbonyl (C=O) groups is 2. The van der Waals surface area contributed by atoms with Gasteiger partial charge in [0.05, 0.1) is 28.7 Å². The van der Waals surface area contributed by atoms with Gasteiger partial charge in [-0.15, -0.1) is 0 Å². The number of hydrogen-bond acceptors (Lipinski definition) is 8. The summed E-state index contributed by atoms with van der Waals surface area (Å²) in [5, 5.41) is 17.2. The van der Waals surface area contributed by atoms with Gasteiger partial charge in [0.2, 0.25) is 0 Å². The quantitative estimate of drug-likeness (QED) is 0.158. The highest BCUT2D eigenvalue weighted by molar-refractivity contribution is 7.23. The fourth-order valence-electron chi connectivity index (χ4n) is 4.88. The number of esters is 1. The number of phenolic OH excluding ortho intramolecular Hbond substituents is 1. The number of nitrogens with one attached hydrogen (secondary N) is 2. The number of hydrogen-bond donors (Lipinski definition) is 3. The fourth-order valence-corrected chi connectivity index (χ4v) is 5.92. The Bertz CT molecular complexity index is 2020. The molecule has 0 saturated carbocycles. The zero-order valence-corrected chi connectivity index (χ0v) is 26.0. The summed E-state index contributed by atoms with van der Waals surface area (Å²) >= 11 is 1.44. The van der Waals surface area contributed by atoms with E-state index < -0.39 is 12.0 Å². The van der Waals surface area contributed by atoms with Crippen LogP contribution in [0, 0.1) is 0 Å². The first kappa shape index (κ1) is 29.7. The number of benzene rings is 3. The number of amides is 2. The molecule has 3 aromatic heterocycles. The fraction of sp³-hybridized carbons (Fsp3) is 0.212. The van der Waals surface area contributed by atoms with Crippen molar-refractivity contribution in [2.45, 2.75) is 39.7 Å². The molecule has 0 atom stereocenters. The number of rotatable bonds is 8. The molecule has 45 heavy (non-hydrogen) atoms. The van der Waals surface area contributed by atoms with Crippen molar-refractivity contribution in [2.75, 3.05) is 12.0 Å². The molecule has 6 rings (SSSR count). The zero-order valence-electron chi connectivity index (χ0n) is 25.2. The molecule has 0 unspecified atom stereocenters. The molecule has 230 valence electrons. The van der Waals surface area contributed by atoms with E-state index in [0.717, 1.165) is 32.6 Å². The summed E-state index contributed by atoms with van der Waals surface area (Å²) in [6.07, 6.45) is 3.44. The standard InChI is InChI=1S/C33H32N6O5S/c1-5-43-30(41)25-19-38-26-15-14-23(16-28(26)45-32(38)35-25)44-27-9-7-6-8-21(27)17-34-31(42)37-39-18-24(29(36-39)33(2,3)4)20-10-12-22(40)13-11-20/h6-16,18-19,40H,5,17H2,1-4H3,(H2,34,37,42). The lowest BCUT2D eigenvalue weighted by atomic mass is 9.87. The Morgan fingerprint density at radius 3 is 2.56 bits per heavy atom. The number of fused-ring (bicyclic) bond motifs is 3. The lowest BCUT2D eigenvalue weighted by molar-refractivity contribution is 0.0520. The van der Waals surface area contributed by atoms with Crippen LogP contribution in [0.3, 0.4) is 0 Å². The molecule has 3 heterocycles. The van der Waals surface area contributed by atoms with Crippen LogP contribution in [0.25, 0.3) is 26.3 Å². The normalized spacial score (nSPS) is 11.6. The molecule has 0 radical (unpaired) electrons. The van der Waals surface area contributed by atoms with E-state index >= 15 is 0 Å². The van der Waals surface area contributed by atoms with Crippen LogP contribution in [0.5, 0.6) is 17.2 Å². The highest BCUT2D eigenvalue weighted by atomic mass is 32.1. The van der Waals surface area contributed by atoms with Gasteiger partial charge in [0.15, 0.2) is 10.7 Å². The number of aromatic hydroxyl groups is 1. The molecule has 0 spiro atoms. The molecule has 0 aliphatic carbocycles. The molecule has 0 aliphatic heterocycles. The number of urea groups is 1. The summed E-state index contributed by atoms with van der Waals surface area (Å²) in [5.41, 5.74) is 7.00. The van der Waals surface area contributed by atoms with Crippen LogP contribution in [0.4, 0.5) is 4.79 Å². The molecule has 11 nitrogen and oxygen atoms in total. The number of thiazole rings is 1. The first-order chi connectivity index (χ1) is 21.6. The van der Waals surface area contributed by atoms with E-state index in [4.69, 9.17) is 9.47 Å². The second kappa shape index (κ2) is 12.0. The van der Waals surface area contributed by atoms with E-state index in [9.17, 15) is 14.7 Å². The average Bonchev–Trinajstić information content (AvgIpc) is 3.70. The second-order valence-electron chi connectivity index (χ2n) is 11.4. The van der Waals surface area contributed by atoms with Crippen LogP contribution < -0.4 is 15.5 Å². The summed E-state index contributed by atoms with van der Waals surface area (Å²) in [4.78, 5) is 31.5. The lowest BCUT2D eigenvalue weighted by Crippen LogP contribution is -2.34. The molecule has 0 fully saturated rings. The maximum Gasteiger partial charge on any atom is 0.358 e. The van der Waals surface area contributed by atoms with Gasteiger partial charge in [0, 0.05) is 35.3 Å². The van der Waals surface area contributed by atoms with Gasteiger partial charge in [-0.3, -0.25) is 4.40 Å². The first-order valence-electron chi connectivity index (χ1n) is 14.4. The predicted octanol–water partition coefficient (Wildman–Crippen LogP) is 6.84. The molecular formula is C33H32N6O5S. The first-order valence-corrected chi connectivity index (χ1v) is 15.2. The molecule has 3 aromatic carbocycles. The Morgan fingerprint density at radius 2 is 1.80 bits per heavy atom. The Hall–Kier alpha value is -5.36. The molecular weight excluding hydrogens is 592 g/mol. The van der Waals surface area contributed by atoms with Crippen molar-refractivity contribution in [1.29, 1.82) is 0 Å². The number of para-hydroxylation sites is 1. The summed E-state index contributed by atoms with van der Waals surface area (Å²) in [5.74, 6) is 0.965. The van der Waals surface area contributed by atoms with Crippen LogP contribution in [0.2, 0.25) is 0 Å².